The lowest BCUT2D eigenvalue weighted by atomic mass is 10.0. The Morgan fingerprint density at radius 1 is 1.23 bits per heavy atom. The van der Waals surface area contributed by atoms with E-state index >= 15 is 0 Å². The summed E-state index contributed by atoms with van der Waals surface area (Å²) in [4.78, 5) is 0. The summed E-state index contributed by atoms with van der Waals surface area (Å²) in [5.41, 5.74) is 3.74. The predicted molar refractivity (Wildman–Crippen MR) is 54.8 cm³/mol. The quantitative estimate of drug-likeness (QED) is 0.745. The van der Waals surface area contributed by atoms with Crippen LogP contribution in [0, 0.1) is 0 Å². The highest BCUT2D eigenvalue weighted by atomic mass is 15.1. The van der Waals surface area contributed by atoms with Crippen LogP contribution in [0.4, 0.5) is 0 Å². The van der Waals surface area contributed by atoms with Crippen molar-refractivity contribution < 1.29 is 0 Å². The molecule has 0 radical (unpaired) electrons. The van der Waals surface area contributed by atoms with E-state index in [1.807, 2.05) is 0 Å². The average molecular weight is 174 g/mol. The zero-order valence-corrected chi connectivity index (χ0v) is 8.09. The largest absolute Gasteiger partial charge is 0.281 e. The second-order valence-corrected chi connectivity index (χ2v) is 3.22. The van der Waals surface area contributed by atoms with Crippen LogP contribution in [-0.2, 0) is 12.8 Å². The third-order valence-corrected chi connectivity index (χ3v) is 2.48. The van der Waals surface area contributed by atoms with Gasteiger partial charge in [-0.3, -0.25) is 5.10 Å². The first-order valence-electron chi connectivity index (χ1n) is 4.81. The average Bonchev–Trinajstić information content (AvgIpc) is 2.60. The van der Waals surface area contributed by atoms with Crippen molar-refractivity contribution in [2.24, 2.45) is 0 Å². The summed E-state index contributed by atoms with van der Waals surface area (Å²) in [6.07, 6.45) is 2.09. The molecule has 2 nitrogen and oxygen atoms in total. The van der Waals surface area contributed by atoms with Crippen LogP contribution < -0.4 is 0 Å². The lowest BCUT2D eigenvalue weighted by Crippen LogP contribution is -1.85. The molecular formula is C11H14N2. The van der Waals surface area contributed by atoms with E-state index in [1.54, 1.807) is 0 Å². The fourth-order valence-corrected chi connectivity index (χ4v) is 1.76. The molecule has 0 aliphatic rings. The predicted octanol–water partition coefficient (Wildman–Crippen LogP) is 2.69. The van der Waals surface area contributed by atoms with E-state index in [9.17, 15) is 0 Å². The lowest BCUT2D eigenvalue weighted by molar-refractivity contribution is 0.986. The maximum Gasteiger partial charge on any atom is 0.0926 e. The molecule has 0 spiro atoms. The van der Waals surface area contributed by atoms with E-state index in [1.165, 1.54) is 16.6 Å². The van der Waals surface area contributed by atoms with Crippen molar-refractivity contribution >= 4 is 10.9 Å². The summed E-state index contributed by atoms with van der Waals surface area (Å²) in [6, 6.07) is 6.31. The second-order valence-electron chi connectivity index (χ2n) is 3.22. The number of aromatic amines is 1. The molecule has 2 aromatic rings. The number of nitrogens with zero attached hydrogens (tertiary/aromatic N) is 1. The second kappa shape index (κ2) is 3.21. The molecule has 0 bridgehead atoms. The Hall–Kier alpha value is -1.31. The SMILES string of the molecule is CCc1cccc2n[nH]c(CC)c12. The monoisotopic (exact) mass is 174 g/mol. The summed E-state index contributed by atoms with van der Waals surface area (Å²) in [5.74, 6) is 0. The molecule has 13 heavy (non-hydrogen) atoms. The summed E-state index contributed by atoms with van der Waals surface area (Å²) >= 11 is 0. The smallest absolute Gasteiger partial charge is 0.0926 e. The molecule has 0 saturated heterocycles. The van der Waals surface area contributed by atoms with Crippen LogP contribution in [0.15, 0.2) is 18.2 Å². The highest BCUT2D eigenvalue weighted by Gasteiger charge is 2.06. The van der Waals surface area contributed by atoms with Crippen LogP contribution in [0.25, 0.3) is 10.9 Å². The third kappa shape index (κ3) is 1.22. The van der Waals surface area contributed by atoms with Gasteiger partial charge in [-0.2, -0.15) is 5.10 Å². The first-order chi connectivity index (χ1) is 6.36. The number of aryl methyl sites for hydroxylation is 2. The van der Waals surface area contributed by atoms with Crippen LogP contribution >= 0.6 is 0 Å². The van der Waals surface area contributed by atoms with Gasteiger partial charge in [-0.15, -0.1) is 0 Å². The number of fused-ring (bicyclic) bond motifs is 1. The Balaban J connectivity index is 2.76. The van der Waals surface area contributed by atoms with Gasteiger partial charge in [0.25, 0.3) is 0 Å². The van der Waals surface area contributed by atoms with Gasteiger partial charge in [0, 0.05) is 11.1 Å². The van der Waals surface area contributed by atoms with Gasteiger partial charge in [-0.1, -0.05) is 26.0 Å². The van der Waals surface area contributed by atoms with Crippen molar-refractivity contribution in [1.29, 1.82) is 0 Å². The van der Waals surface area contributed by atoms with Crippen LogP contribution in [-0.4, -0.2) is 10.2 Å². The zero-order valence-electron chi connectivity index (χ0n) is 8.09. The Morgan fingerprint density at radius 2 is 2.08 bits per heavy atom. The first kappa shape index (κ1) is 8.30. The molecule has 1 heterocycles. The highest BCUT2D eigenvalue weighted by Crippen LogP contribution is 2.21. The minimum absolute atomic E-state index is 1.02. The van der Waals surface area contributed by atoms with Gasteiger partial charge in [-0.05, 0) is 24.5 Å². The van der Waals surface area contributed by atoms with Gasteiger partial charge in [0.1, 0.15) is 0 Å². The number of benzene rings is 1. The zero-order chi connectivity index (χ0) is 9.26. The molecule has 2 rings (SSSR count). The van der Waals surface area contributed by atoms with Gasteiger partial charge < -0.3 is 0 Å². The van der Waals surface area contributed by atoms with E-state index in [4.69, 9.17) is 0 Å². The van der Waals surface area contributed by atoms with Crippen molar-refractivity contribution in [3.63, 3.8) is 0 Å². The molecule has 0 aliphatic heterocycles. The number of nitrogens with one attached hydrogen (secondary N) is 1. The van der Waals surface area contributed by atoms with Crippen LogP contribution in [0.2, 0.25) is 0 Å². The molecule has 1 aromatic carbocycles. The van der Waals surface area contributed by atoms with Gasteiger partial charge in [0.2, 0.25) is 0 Å². The molecule has 0 saturated carbocycles. The van der Waals surface area contributed by atoms with E-state index in [0.29, 0.717) is 0 Å². The number of H-pyrrole nitrogens is 1. The molecule has 0 unspecified atom stereocenters. The van der Waals surface area contributed by atoms with Crippen LogP contribution in [0.1, 0.15) is 25.1 Å². The molecule has 2 heteroatoms. The minimum Gasteiger partial charge on any atom is -0.281 e. The minimum atomic E-state index is 1.02. The van der Waals surface area contributed by atoms with Crippen molar-refractivity contribution in [3.05, 3.63) is 29.5 Å². The van der Waals surface area contributed by atoms with E-state index in [2.05, 4.69) is 42.2 Å². The number of hydrogen-bond donors (Lipinski definition) is 1. The van der Waals surface area contributed by atoms with Crippen molar-refractivity contribution in [2.75, 3.05) is 0 Å². The number of rotatable bonds is 2. The van der Waals surface area contributed by atoms with Crippen molar-refractivity contribution in [3.8, 4) is 0 Å². The Morgan fingerprint density at radius 3 is 2.77 bits per heavy atom. The van der Waals surface area contributed by atoms with E-state index in [-0.39, 0.29) is 0 Å². The maximum atomic E-state index is 4.27. The van der Waals surface area contributed by atoms with Gasteiger partial charge in [0.15, 0.2) is 0 Å². The Labute approximate surface area is 78.0 Å². The highest BCUT2D eigenvalue weighted by molar-refractivity contribution is 5.84. The lowest BCUT2D eigenvalue weighted by Gasteiger charge is -1.99. The van der Waals surface area contributed by atoms with Crippen LogP contribution in [0.5, 0.6) is 0 Å². The normalized spacial score (nSPS) is 10.9. The van der Waals surface area contributed by atoms with Crippen LogP contribution in [0.3, 0.4) is 0 Å². The molecule has 68 valence electrons. The van der Waals surface area contributed by atoms with Crippen molar-refractivity contribution in [1.82, 2.24) is 10.2 Å². The van der Waals surface area contributed by atoms with Gasteiger partial charge in [-0.25, -0.2) is 0 Å². The molecule has 1 N–H and O–H groups in total. The Kier molecular flexibility index (Phi) is 2.05. The van der Waals surface area contributed by atoms with Gasteiger partial charge >= 0.3 is 0 Å². The summed E-state index contributed by atoms with van der Waals surface area (Å²) < 4.78 is 0. The summed E-state index contributed by atoms with van der Waals surface area (Å²) in [6.45, 7) is 4.33. The van der Waals surface area contributed by atoms with E-state index in [0.717, 1.165) is 18.4 Å². The standard InChI is InChI=1S/C11H14N2/c1-3-8-6-5-7-10-11(8)9(4-2)12-13-10/h5-7H,3-4H2,1-2H3,(H,12,13). The fourth-order valence-electron chi connectivity index (χ4n) is 1.76. The fraction of sp³-hybridized carbons (Fsp3) is 0.364. The number of hydrogen-bond acceptors (Lipinski definition) is 1. The first-order valence-corrected chi connectivity index (χ1v) is 4.81. The third-order valence-electron chi connectivity index (χ3n) is 2.48. The van der Waals surface area contributed by atoms with Crippen molar-refractivity contribution in [2.45, 2.75) is 26.7 Å². The maximum absolute atomic E-state index is 4.27. The Bertz CT molecular complexity index is 415. The molecule has 0 aliphatic carbocycles. The number of aromatic nitrogens is 2. The molecule has 1 aromatic heterocycles. The molecule has 0 fully saturated rings. The van der Waals surface area contributed by atoms with E-state index < -0.39 is 0 Å². The van der Waals surface area contributed by atoms with Gasteiger partial charge in [0.05, 0.1) is 5.52 Å². The molecule has 0 amide bonds. The summed E-state index contributed by atoms with van der Waals surface area (Å²) in [7, 11) is 0. The topological polar surface area (TPSA) is 28.7 Å². The summed E-state index contributed by atoms with van der Waals surface area (Å²) in [5, 5.41) is 8.69. The molecular weight excluding hydrogens is 160 g/mol. The molecule has 0 atom stereocenters.